The topological polar surface area (TPSA) is 0 Å². The Labute approximate surface area is 120 Å². The molecule has 0 spiro atoms. The van der Waals surface area contributed by atoms with Crippen molar-refractivity contribution in [2.24, 2.45) is 0 Å². The van der Waals surface area contributed by atoms with E-state index in [0.29, 0.717) is 0 Å². The van der Waals surface area contributed by atoms with Crippen LogP contribution in [0.15, 0.2) is 30.3 Å². The number of nitrogens with zero attached hydrogens (tertiary/aromatic N) is 1. The van der Waals surface area contributed by atoms with Crippen molar-refractivity contribution >= 4 is 8.07 Å². The molecule has 0 amide bonds. The van der Waals surface area contributed by atoms with Crippen molar-refractivity contribution in [3.8, 4) is 0 Å². The Bertz CT molecular complexity index is 395. The van der Waals surface area contributed by atoms with E-state index in [1.54, 1.807) is 5.56 Å². The van der Waals surface area contributed by atoms with Gasteiger partial charge >= 0.3 is 0 Å². The molecule has 2 atom stereocenters. The molecular formula is C17H30NSi+. The SMILES string of the molecule is C[N+]1(C[Si](C)(C)C)CCCCCC1c1ccccc1. The third-order valence-corrected chi connectivity index (χ3v) is 6.09. The lowest BCUT2D eigenvalue weighted by Crippen LogP contribution is -2.55. The van der Waals surface area contributed by atoms with Gasteiger partial charge in [0.15, 0.2) is 0 Å². The van der Waals surface area contributed by atoms with Crippen LogP contribution in [0.4, 0.5) is 0 Å². The standard InChI is InChI=1S/C17H30NSi/c1-18(15-19(2,3)4)14-10-6-9-13-17(18)16-11-7-5-8-12-16/h5,7-8,11-12,17H,6,9-10,13-15H2,1-4H3/q+1. The Hall–Kier alpha value is -0.603. The van der Waals surface area contributed by atoms with E-state index >= 15 is 0 Å². The van der Waals surface area contributed by atoms with Gasteiger partial charge in [0.25, 0.3) is 0 Å². The highest BCUT2D eigenvalue weighted by atomic mass is 28.3. The number of rotatable bonds is 3. The molecule has 1 aliphatic heterocycles. The summed E-state index contributed by atoms with van der Waals surface area (Å²) in [6, 6.07) is 12.0. The molecule has 1 aliphatic rings. The van der Waals surface area contributed by atoms with E-state index in [-0.39, 0.29) is 0 Å². The number of quaternary nitrogens is 1. The molecule has 0 bridgehead atoms. The van der Waals surface area contributed by atoms with Gasteiger partial charge in [0.2, 0.25) is 0 Å². The number of hydrogen-bond acceptors (Lipinski definition) is 0. The average Bonchev–Trinajstić information content (AvgIpc) is 2.49. The molecule has 1 saturated heterocycles. The van der Waals surface area contributed by atoms with Crippen molar-refractivity contribution in [1.82, 2.24) is 0 Å². The lowest BCUT2D eigenvalue weighted by molar-refractivity contribution is -0.930. The number of likely N-dealkylation sites (tertiary alicyclic amines) is 1. The van der Waals surface area contributed by atoms with Gasteiger partial charge in [-0.25, -0.2) is 0 Å². The highest BCUT2D eigenvalue weighted by molar-refractivity contribution is 6.76. The van der Waals surface area contributed by atoms with E-state index < -0.39 is 8.07 Å². The maximum atomic E-state index is 2.52. The summed E-state index contributed by atoms with van der Waals surface area (Å²) in [5, 5.41) is 0. The van der Waals surface area contributed by atoms with Gasteiger partial charge in [0, 0.05) is 12.0 Å². The summed E-state index contributed by atoms with van der Waals surface area (Å²) in [5.41, 5.74) is 1.56. The zero-order valence-electron chi connectivity index (χ0n) is 13.2. The van der Waals surface area contributed by atoms with Crippen LogP contribution >= 0.6 is 0 Å². The van der Waals surface area contributed by atoms with Gasteiger partial charge in [0.05, 0.1) is 19.8 Å². The van der Waals surface area contributed by atoms with Gasteiger partial charge in [0.1, 0.15) is 14.1 Å². The van der Waals surface area contributed by atoms with Crippen LogP contribution < -0.4 is 0 Å². The van der Waals surface area contributed by atoms with Crippen LogP contribution in [-0.4, -0.2) is 32.3 Å². The lowest BCUT2D eigenvalue weighted by Gasteiger charge is -2.44. The summed E-state index contributed by atoms with van der Waals surface area (Å²) in [4.78, 5) is 0. The Balaban J connectivity index is 2.30. The quantitative estimate of drug-likeness (QED) is 0.558. The minimum Gasteiger partial charge on any atom is -0.323 e. The van der Waals surface area contributed by atoms with E-state index in [1.807, 2.05) is 0 Å². The molecule has 1 heterocycles. The second-order valence-corrected chi connectivity index (χ2v) is 13.1. The first-order chi connectivity index (χ1) is 8.91. The fourth-order valence-electron chi connectivity index (χ4n) is 3.93. The second kappa shape index (κ2) is 5.80. The number of hydrogen-bond donors (Lipinski definition) is 0. The molecule has 0 aromatic heterocycles. The first-order valence-electron chi connectivity index (χ1n) is 7.80. The highest BCUT2D eigenvalue weighted by Crippen LogP contribution is 2.36. The molecule has 2 rings (SSSR count). The van der Waals surface area contributed by atoms with Crippen molar-refractivity contribution in [2.75, 3.05) is 19.8 Å². The molecule has 0 radical (unpaired) electrons. The third-order valence-electron chi connectivity index (χ3n) is 4.42. The van der Waals surface area contributed by atoms with E-state index in [1.165, 1.54) is 42.9 Å². The van der Waals surface area contributed by atoms with E-state index in [9.17, 15) is 0 Å². The van der Waals surface area contributed by atoms with E-state index in [4.69, 9.17) is 0 Å². The normalized spacial score (nSPS) is 28.9. The molecule has 2 unspecified atom stereocenters. The van der Waals surface area contributed by atoms with Crippen molar-refractivity contribution in [3.05, 3.63) is 35.9 Å². The van der Waals surface area contributed by atoms with Crippen molar-refractivity contribution in [2.45, 2.75) is 51.4 Å². The molecule has 19 heavy (non-hydrogen) atoms. The Kier molecular flexibility index (Phi) is 4.52. The largest absolute Gasteiger partial charge is 0.323 e. The first kappa shape index (κ1) is 14.8. The van der Waals surface area contributed by atoms with Gasteiger partial charge in [-0.05, 0) is 19.3 Å². The van der Waals surface area contributed by atoms with Crippen LogP contribution in [0.3, 0.4) is 0 Å². The zero-order valence-corrected chi connectivity index (χ0v) is 14.2. The minimum absolute atomic E-state index is 0.718. The lowest BCUT2D eigenvalue weighted by atomic mass is 10.00. The van der Waals surface area contributed by atoms with E-state index in [0.717, 1.165) is 6.04 Å². The number of benzene rings is 1. The maximum Gasteiger partial charge on any atom is 0.114 e. The van der Waals surface area contributed by atoms with Gasteiger partial charge in [-0.15, -0.1) is 0 Å². The van der Waals surface area contributed by atoms with E-state index in [2.05, 4.69) is 57.0 Å². The van der Waals surface area contributed by atoms with Crippen molar-refractivity contribution < 1.29 is 4.48 Å². The third kappa shape index (κ3) is 3.93. The summed E-state index contributed by atoms with van der Waals surface area (Å²) in [6.45, 7) is 8.92. The average molecular weight is 277 g/mol. The molecule has 106 valence electrons. The molecule has 1 aromatic carbocycles. The molecule has 0 aliphatic carbocycles. The summed E-state index contributed by atoms with van der Waals surface area (Å²) < 4.78 is 1.28. The minimum atomic E-state index is -1.04. The second-order valence-electron chi connectivity index (χ2n) is 7.70. The Morgan fingerprint density at radius 1 is 1.05 bits per heavy atom. The van der Waals surface area contributed by atoms with Crippen LogP contribution in [0.5, 0.6) is 0 Å². The Morgan fingerprint density at radius 2 is 1.74 bits per heavy atom. The molecule has 1 nitrogen and oxygen atoms in total. The van der Waals surface area contributed by atoms with Crippen LogP contribution in [0.2, 0.25) is 19.6 Å². The van der Waals surface area contributed by atoms with Crippen molar-refractivity contribution in [1.29, 1.82) is 0 Å². The molecule has 0 saturated carbocycles. The van der Waals surface area contributed by atoms with Gasteiger partial charge in [-0.3, -0.25) is 0 Å². The molecule has 1 fully saturated rings. The predicted molar refractivity (Wildman–Crippen MR) is 86.9 cm³/mol. The molecule has 0 N–H and O–H groups in total. The van der Waals surface area contributed by atoms with Crippen LogP contribution in [0.25, 0.3) is 0 Å². The first-order valence-corrected chi connectivity index (χ1v) is 11.5. The maximum absolute atomic E-state index is 2.52. The van der Waals surface area contributed by atoms with Crippen LogP contribution in [0.1, 0.15) is 37.3 Å². The van der Waals surface area contributed by atoms with Gasteiger partial charge in [-0.1, -0.05) is 50.0 Å². The summed E-state index contributed by atoms with van der Waals surface area (Å²) in [5.74, 6) is 0. The fourth-order valence-corrected chi connectivity index (χ4v) is 6.48. The Morgan fingerprint density at radius 3 is 2.37 bits per heavy atom. The summed E-state index contributed by atoms with van der Waals surface area (Å²) in [6.07, 6.45) is 7.00. The molecular weight excluding hydrogens is 246 g/mol. The highest BCUT2D eigenvalue weighted by Gasteiger charge is 2.38. The zero-order chi connectivity index (χ0) is 13.9. The summed E-state index contributed by atoms with van der Waals surface area (Å²) in [7, 11) is 1.47. The molecule has 2 heteroatoms. The van der Waals surface area contributed by atoms with Crippen LogP contribution in [-0.2, 0) is 0 Å². The predicted octanol–water partition coefficient (Wildman–Crippen LogP) is 4.63. The summed E-state index contributed by atoms with van der Waals surface area (Å²) >= 11 is 0. The monoisotopic (exact) mass is 276 g/mol. The van der Waals surface area contributed by atoms with Gasteiger partial charge in [-0.2, -0.15) is 0 Å². The molecule has 1 aromatic rings. The smallest absolute Gasteiger partial charge is 0.114 e. The van der Waals surface area contributed by atoms with Gasteiger partial charge < -0.3 is 4.48 Å². The van der Waals surface area contributed by atoms with Crippen LogP contribution in [0, 0.1) is 0 Å². The van der Waals surface area contributed by atoms with Crippen molar-refractivity contribution in [3.63, 3.8) is 0 Å². The fraction of sp³-hybridized carbons (Fsp3) is 0.647.